The van der Waals surface area contributed by atoms with Crippen molar-refractivity contribution < 1.29 is 33.8 Å². The third-order valence-electron chi connectivity index (χ3n) is 9.59. The van der Waals surface area contributed by atoms with Crippen molar-refractivity contribution in [3.8, 4) is 0 Å². The first-order valence-corrected chi connectivity index (χ1v) is 16.4. The van der Waals surface area contributed by atoms with Gasteiger partial charge in [0.05, 0.1) is 12.7 Å². The summed E-state index contributed by atoms with van der Waals surface area (Å²) in [6.07, 6.45) is 4.59. The van der Waals surface area contributed by atoms with E-state index in [1.165, 1.54) is 4.90 Å². The van der Waals surface area contributed by atoms with E-state index in [0.717, 1.165) is 48.4 Å². The van der Waals surface area contributed by atoms with Crippen LogP contribution in [-0.2, 0) is 30.5 Å². The molecule has 3 fully saturated rings. The lowest BCUT2D eigenvalue weighted by Crippen LogP contribution is -2.58. The van der Waals surface area contributed by atoms with E-state index < -0.39 is 47.3 Å². The number of fused-ring (bicyclic) bond motifs is 1. The van der Waals surface area contributed by atoms with E-state index in [1.807, 2.05) is 49.4 Å². The lowest BCUT2D eigenvalue weighted by atomic mass is 9.83. The van der Waals surface area contributed by atoms with Crippen LogP contribution in [0.4, 0.5) is 4.79 Å². The summed E-state index contributed by atoms with van der Waals surface area (Å²) in [4.78, 5) is 54.9. The van der Waals surface area contributed by atoms with Crippen molar-refractivity contribution in [3.63, 3.8) is 0 Å². The summed E-state index contributed by atoms with van der Waals surface area (Å²) in [6, 6.07) is 12.3. The number of nitrogens with zero attached hydrogens (tertiary/aromatic N) is 1. The molecule has 10 heteroatoms. The predicted molar refractivity (Wildman–Crippen MR) is 169 cm³/mol. The summed E-state index contributed by atoms with van der Waals surface area (Å²) in [5.41, 5.74) is -1.06. The molecule has 1 heterocycles. The molecule has 244 valence electrons. The zero-order valence-corrected chi connectivity index (χ0v) is 26.8. The number of amides is 3. The smallest absolute Gasteiger partial charge is 0.408 e. The van der Waals surface area contributed by atoms with Crippen molar-refractivity contribution in [3.05, 3.63) is 48.0 Å². The molecule has 3 aliphatic rings. The Bertz CT molecular complexity index is 1410. The summed E-state index contributed by atoms with van der Waals surface area (Å²) in [5.74, 6) is -2.19. The predicted octanol–water partition coefficient (Wildman–Crippen LogP) is 5.17. The first-order valence-electron chi connectivity index (χ1n) is 16.4. The van der Waals surface area contributed by atoms with Crippen LogP contribution in [0.15, 0.2) is 42.5 Å². The highest BCUT2D eigenvalue weighted by atomic mass is 16.6. The van der Waals surface area contributed by atoms with Crippen molar-refractivity contribution in [1.82, 2.24) is 15.5 Å². The molecule has 1 saturated heterocycles. The Morgan fingerprint density at radius 1 is 1.04 bits per heavy atom. The molecule has 3 amide bonds. The van der Waals surface area contributed by atoms with Crippen LogP contribution in [0.1, 0.15) is 84.6 Å². The van der Waals surface area contributed by atoms with E-state index in [-0.39, 0.29) is 30.7 Å². The number of hydrogen-bond acceptors (Lipinski definition) is 6. The molecule has 3 N–H and O–H groups in total. The van der Waals surface area contributed by atoms with Crippen LogP contribution in [0.5, 0.6) is 0 Å². The van der Waals surface area contributed by atoms with Gasteiger partial charge in [-0.05, 0) is 68.2 Å². The van der Waals surface area contributed by atoms with E-state index in [1.54, 1.807) is 20.8 Å². The van der Waals surface area contributed by atoms with Crippen molar-refractivity contribution in [2.24, 2.45) is 11.8 Å². The number of alkyl carbamates (subject to hydrolysis) is 1. The van der Waals surface area contributed by atoms with Crippen LogP contribution in [0.25, 0.3) is 10.8 Å². The van der Waals surface area contributed by atoms with E-state index in [9.17, 15) is 24.3 Å². The van der Waals surface area contributed by atoms with Gasteiger partial charge in [0, 0.05) is 13.0 Å². The van der Waals surface area contributed by atoms with Crippen molar-refractivity contribution in [2.75, 3.05) is 6.54 Å². The molecule has 2 aliphatic carbocycles. The minimum atomic E-state index is -1.32. The summed E-state index contributed by atoms with van der Waals surface area (Å²) in [6.45, 7) is 7.65. The van der Waals surface area contributed by atoms with Crippen LogP contribution in [0.2, 0.25) is 0 Å². The topological polar surface area (TPSA) is 134 Å². The van der Waals surface area contributed by atoms with Gasteiger partial charge in [-0.25, -0.2) is 9.59 Å². The Hall–Kier alpha value is -3.66. The highest BCUT2D eigenvalue weighted by Crippen LogP contribution is 2.46. The maximum Gasteiger partial charge on any atom is 0.408 e. The van der Waals surface area contributed by atoms with Gasteiger partial charge < -0.3 is 30.1 Å². The first-order chi connectivity index (χ1) is 21.4. The molecule has 5 rings (SSSR count). The molecular formula is C35H47N3O7. The zero-order chi connectivity index (χ0) is 32.4. The highest BCUT2D eigenvalue weighted by molar-refractivity contribution is 5.96. The maximum atomic E-state index is 14.4. The molecule has 5 atom stereocenters. The fraction of sp³-hybridized carbons (Fsp3) is 0.600. The van der Waals surface area contributed by atoms with Gasteiger partial charge >= 0.3 is 12.1 Å². The Morgan fingerprint density at radius 3 is 2.42 bits per heavy atom. The Kier molecular flexibility index (Phi) is 9.72. The molecule has 1 aliphatic heterocycles. The summed E-state index contributed by atoms with van der Waals surface area (Å²) >= 11 is 0. The second-order valence-electron chi connectivity index (χ2n) is 13.9. The van der Waals surface area contributed by atoms with Crippen LogP contribution < -0.4 is 10.6 Å². The molecule has 0 unspecified atom stereocenters. The molecular weight excluding hydrogens is 574 g/mol. The number of nitrogens with one attached hydrogen (secondary N) is 2. The third kappa shape index (κ3) is 7.43. The number of ether oxygens (including phenoxy) is 2. The molecule has 2 aromatic carbocycles. The largest absolute Gasteiger partial charge is 0.479 e. The number of carboxylic acid groups (broad SMARTS) is 1. The first kappa shape index (κ1) is 32.7. The maximum absolute atomic E-state index is 14.4. The van der Waals surface area contributed by atoms with Gasteiger partial charge in [-0.3, -0.25) is 9.59 Å². The van der Waals surface area contributed by atoms with Crippen LogP contribution in [0.3, 0.4) is 0 Å². The minimum absolute atomic E-state index is 0.101. The van der Waals surface area contributed by atoms with Gasteiger partial charge in [0.2, 0.25) is 11.8 Å². The fourth-order valence-electron chi connectivity index (χ4n) is 7.09. The van der Waals surface area contributed by atoms with Gasteiger partial charge in [-0.2, -0.15) is 0 Å². The van der Waals surface area contributed by atoms with Gasteiger partial charge in [-0.1, -0.05) is 75.1 Å². The number of hydrogen-bond donors (Lipinski definition) is 3. The number of carbonyl (C=O) groups excluding carboxylic acids is 3. The van der Waals surface area contributed by atoms with Crippen LogP contribution in [0, 0.1) is 11.8 Å². The molecule has 2 aromatic rings. The van der Waals surface area contributed by atoms with Crippen molar-refractivity contribution in [2.45, 2.75) is 115 Å². The number of carboxylic acids is 1. The average Bonchev–Trinajstić information content (AvgIpc) is 3.56. The van der Waals surface area contributed by atoms with E-state index >= 15 is 0 Å². The van der Waals surface area contributed by atoms with Crippen LogP contribution in [-0.4, -0.2) is 69.8 Å². The lowest BCUT2D eigenvalue weighted by Gasteiger charge is -2.35. The quantitative estimate of drug-likeness (QED) is 0.333. The standard InChI is InChI=1S/C35H47N3O7/c1-5-25-19-35(25,32(41)42)37-30(39)28-18-26(44-21-24-16-11-15-22-12-9-10-17-27(22)24)20-38(28)31(40)29(23-13-7-6-8-14-23)36-33(43)45-34(2,3)4/h9-12,15-17,23,25-26,28-29H,5-8,13-14,18-21H2,1-4H3,(H,36,43)(H,37,39)(H,41,42)/t25-,26+,28-,29-,35+/m0/s1. The van der Waals surface area contributed by atoms with Gasteiger partial charge in [-0.15, -0.1) is 0 Å². The number of carbonyl (C=O) groups is 4. The second-order valence-corrected chi connectivity index (χ2v) is 13.9. The average molecular weight is 622 g/mol. The Morgan fingerprint density at radius 2 is 1.76 bits per heavy atom. The van der Waals surface area contributed by atoms with Gasteiger partial charge in [0.25, 0.3) is 0 Å². The number of likely N-dealkylation sites (tertiary alicyclic amines) is 1. The third-order valence-corrected chi connectivity index (χ3v) is 9.59. The normalized spacial score (nSPS) is 25.9. The van der Waals surface area contributed by atoms with Gasteiger partial charge in [0.15, 0.2) is 0 Å². The fourth-order valence-corrected chi connectivity index (χ4v) is 7.09. The van der Waals surface area contributed by atoms with Crippen molar-refractivity contribution >= 4 is 34.6 Å². The number of aliphatic carboxylic acids is 1. The molecule has 10 nitrogen and oxygen atoms in total. The molecule has 2 saturated carbocycles. The molecule has 0 spiro atoms. The molecule has 0 aromatic heterocycles. The summed E-state index contributed by atoms with van der Waals surface area (Å²) in [7, 11) is 0. The molecule has 0 radical (unpaired) electrons. The summed E-state index contributed by atoms with van der Waals surface area (Å²) in [5, 5.41) is 17.8. The van der Waals surface area contributed by atoms with E-state index in [4.69, 9.17) is 9.47 Å². The molecule has 0 bridgehead atoms. The van der Waals surface area contributed by atoms with E-state index in [2.05, 4.69) is 10.6 Å². The highest BCUT2D eigenvalue weighted by Gasteiger charge is 2.61. The monoisotopic (exact) mass is 621 g/mol. The second kappa shape index (κ2) is 13.4. The van der Waals surface area contributed by atoms with Crippen LogP contribution >= 0.6 is 0 Å². The Balaban J connectivity index is 1.39. The lowest BCUT2D eigenvalue weighted by molar-refractivity contribution is -0.146. The number of rotatable bonds is 10. The minimum Gasteiger partial charge on any atom is -0.479 e. The number of benzene rings is 2. The molecule has 45 heavy (non-hydrogen) atoms. The Labute approximate surface area is 265 Å². The SMILES string of the molecule is CC[C@H]1C[C@]1(NC(=O)[C@@H]1C[C@@H](OCc2cccc3ccccc23)CN1C(=O)[C@@H](NC(=O)OC(C)(C)C)C1CCCCC1)C(=O)O. The van der Waals surface area contributed by atoms with Gasteiger partial charge in [0.1, 0.15) is 23.2 Å². The van der Waals surface area contributed by atoms with Crippen molar-refractivity contribution in [1.29, 1.82) is 0 Å². The zero-order valence-electron chi connectivity index (χ0n) is 26.8. The van der Waals surface area contributed by atoms with E-state index in [0.29, 0.717) is 19.4 Å². The summed E-state index contributed by atoms with van der Waals surface area (Å²) < 4.78 is 11.9.